The van der Waals surface area contributed by atoms with E-state index in [4.69, 9.17) is 0 Å². The zero-order valence-corrected chi connectivity index (χ0v) is 12.2. The van der Waals surface area contributed by atoms with Crippen molar-refractivity contribution < 1.29 is 4.92 Å². The number of nitro groups is 1. The van der Waals surface area contributed by atoms with Crippen molar-refractivity contribution in [3.8, 4) is 11.3 Å². The second-order valence-corrected chi connectivity index (χ2v) is 5.96. The summed E-state index contributed by atoms with van der Waals surface area (Å²) in [4.78, 5) is 17.4. The molecule has 6 heteroatoms. The minimum absolute atomic E-state index is 0.131. The number of hydrogen-bond donors (Lipinski definition) is 0. The molecule has 2 aromatic heterocycles. The maximum Gasteiger partial charge on any atom is 0.272 e. The lowest BCUT2D eigenvalue weighted by Gasteiger charge is -2.00. The first-order valence-electron chi connectivity index (χ1n) is 6.18. The van der Waals surface area contributed by atoms with Gasteiger partial charge in [0.15, 0.2) is 4.96 Å². The number of hydrogen-bond acceptors (Lipinski definition) is 4. The van der Waals surface area contributed by atoms with Crippen LogP contribution in [0, 0.1) is 30.9 Å². The van der Waals surface area contributed by atoms with Crippen molar-refractivity contribution in [3.63, 3.8) is 0 Å². The first-order chi connectivity index (χ1) is 9.47. The summed E-state index contributed by atoms with van der Waals surface area (Å²) in [5.41, 5.74) is 3.49. The summed E-state index contributed by atoms with van der Waals surface area (Å²) in [5, 5.41) is 11.0. The minimum atomic E-state index is -0.355. The van der Waals surface area contributed by atoms with Crippen LogP contribution < -0.4 is 0 Å². The number of rotatable bonds is 2. The van der Waals surface area contributed by atoms with E-state index in [-0.39, 0.29) is 10.6 Å². The fourth-order valence-corrected chi connectivity index (χ4v) is 3.11. The molecule has 0 aliphatic carbocycles. The normalized spacial score (nSPS) is 11.2. The van der Waals surface area contributed by atoms with Crippen molar-refractivity contribution in [1.82, 2.24) is 9.38 Å². The Bertz CT molecular complexity index is 832. The first-order valence-corrected chi connectivity index (χ1v) is 6.99. The Balaban J connectivity index is 2.15. The largest absolute Gasteiger partial charge is 0.294 e. The molecule has 0 spiro atoms. The second-order valence-electron chi connectivity index (χ2n) is 4.78. The van der Waals surface area contributed by atoms with Gasteiger partial charge in [-0.2, -0.15) is 0 Å². The van der Waals surface area contributed by atoms with Crippen LogP contribution in [0.1, 0.15) is 16.1 Å². The fourth-order valence-electron chi connectivity index (χ4n) is 2.16. The highest BCUT2D eigenvalue weighted by molar-refractivity contribution is 7.17. The van der Waals surface area contributed by atoms with Crippen LogP contribution in [-0.2, 0) is 0 Å². The average molecular weight is 287 g/mol. The highest BCUT2D eigenvalue weighted by Gasteiger charge is 2.15. The van der Waals surface area contributed by atoms with Gasteiger partial charge in [0.1, 0.15) is 0 Å². The van der Waals surface area contributed by atoms with Crippen LogP contribution in [0.15, 0.2) is 24.4 Å². The number of fused-ring (bicyclic) bond motifs is 1. The standard InChI is InChI=1S/C14H13N3O2S/c1-8-4-5-11(6-13(8)17(18)19)12-7-16-9(2)10(3)20-14(16)15-12/h4-7H,1-3H3. The fraction of sp³-hybridized carbons (Fsp3) is 0.214. The predicted molar refractivity (Wildman–Crippen MR) is 79.4 cm³/mol. The highest BCUT2D eigenvalue weighted by Crippen LogP contribution is 2.29. The maximum atomic E-state index is 11.0. The van der Waals surface area contributed by atoms with E-state index >= 15 is 0 Å². The van der Waals surface area contributed by atoms with Gasteiger partial charge >= 0.3 is 0 Å². The topological polar surface area (TPSA) is 60.4 Å². The lowest BCUT2D eigenvalue weighted by atomic mass is 10.1. The number of imidazole rings is 1. The molecule has 20 heavy (non-hydrogen) atoms. The number of aromatic nitrogens is 2. The number of nitro benzene ring substituents is 1. The Morgan fingerprint density at radius 2 is 2.05 bits per heavy atom. The number of benzene rings is 1. The molecule has 0 aliphatic rings. The van der Waals surface area contributed by atoms with E-state index in [1.54, 1.807) is 30.4 Å². The molecule has 0 radical (unpaired) electrons. The van der Waals surface area contributed by atoms with Crippen molar-refractivity contribution in [2.75, 3.05) is 0 Å². The van der Waals surface area contributed by atoms with E-state index in [1.807, 2.05) is 23.6 Å². The van der Waals surface area contributed by atoms with E-state index in [2.05, 4.69) is 11.9 Å². The van der Waals surface area contributed by atoms with Crippen molar-refractivity contribution in [2.24, 2.45) is 0 Å². The second kappa shape index (κ2) is 4.42. The molecule has 1 aromatic carbocycles. The van der Waals surface area contributed by atoms with Crippen LogP contribution >= 0.6 is 11.3 Å². The summed E-state index contributed by atoms with van der Waals surface area (Å²) < 4.78 is 2.03. The highest BCUT2D eigenvalue weighted by atomic mass is 32.1. The smallest absolute Gasteiger partial charge is 0.272 e. The average Bonchev–Trinajstić information content (AvgIpc) is 2.91. The van der Waals surface area contributed by atoms with E-state index in [0.29, 0.717) is 5.56 Å². The van der Waals surface area contributed by atoms with Crippen LogP contribution in [0.3, 0.4) is 0 Å². The van der Waals surface area contributed by atoms with Crippen LogP contribution in [0.2, 0.25) is 0 Å². The van der Waals surface area contributed by atoms with Gasteiger partial charge in [0, 0.05) is 34.0 Å². The van der Waals surface area contributed by atoms with Crippen LogP contribution in [0.25, 0.3) is 16.2 Å². The minimum Gasteiger partial charge on any atom is -0.294 e. The molecule has 0 unspecified atom stereocenters. The van der Waals surface area contributed by atoms with Crippen LogP contribution in [-0.4, -0.2) is 14.3 Å². The number of aryl methyl sites for hydroxylation is 3. The molecule has 3 aromatic rings. The van der Waals surface area contributed by atoms with Gasteiger partial charge in [-0.1, -0.05) is 12.1 Å². The van der Waals surface area contributed by atoms with Crippen molar-refractivity contribution in [2.45, 2.75) is 20.8 Å². The lowest BCUT2D eigenvalue weighted by molar-refractivity contribution is -0.385. The predicted octanol–water partition coefficient (Wildman–Crippen LogP) is 3.90. The molecule has 0 saturated carbocycles. The Hall–Kier alpha value is -2.21. The molecular weight excluding hydrogens is 274 g/mol. The van der Waals surface area contributed by atoms with Gasteiger partial charge in [0.25, 0.3) is 5.69 Å². The molecule has 0 amide bonds. The lowest BCUT2D eigenvalue weighted by Crippen LogP contribution is -1.92. The van der Waals surface area contributed by atoms with Crippen molar-refractivity contribution in [1.29, 1.82) is 0 Å². The summed E-state index contributed by atoms with van der Waals surface area (Å²) >= 11 is 1.63. The van der Waals surface area contributed by atoms with Gasteiger partial charge in [-0.25, -0.2) is 4.98 Å². The summed E-state index contributed by atoms with van der Waals surface area (Å²) in [7, 11) is 0. The summed E-state index contributed by atoms with van der Waals surface area (Å²) in [5.74, 6) is 0. The Morgan fingerprint density at radius 3 is 2.70 bits per heavy atom. The van der Waals surface area contributed by atoms with E-state index in [1.165, 1.54) is 4.88 Å². The third-order valence-corrected chi connectivity index (χ3v) is 4.56. The van der Waals surface area contributed by atoms with E-state index < -0.39 is 0 Å². The summed E-state index contributed by atoms with van der Waals surface area (Å²) in [6.07, 6.45) is 1.93. The first kappa shape index (κ1) is 12.8. The SMILES string of the molecule is Cc1ccc(-c2cn3c(C)c(C)sc3n2)cc1[N+](=O)[O-]. The molecule has 0 bridgehead atoms. The molecule has 2 heterocycles. The molecule has 0 fully saturated rings. The Morgan fingerprint density at radius 1 is 1.30 bits per heavy atom. The van der Waals surface area contributed by atoms with Crippen molar-refractivity contribution in [3.05, 3.63) is 50.6 Å². The van der Waals surface area contributed by atoms with Crippen molar-refractivity contribution >= 4 is 22.0 Å². The summed E-state index contributed by atoms with van der Waals surface area (Å²) in [6, 6.07) is 5.22. The molecule has 0 saturated heterocycles. The summed E-state index contributed by atoms with van der Waals surface area (Å²) in [6.45, 7) is 5.84. The number of thiazole rings is 1. The molecule has 0 N–H and O–H groups in total. The van der Waals surface area contributed by atoms with Gasteiger partial charge in [-0.3, -0.25) is 14.5 Å². The van der Waals surface area contributed by atoms with Crippen LogP contribution in [0.4, 0.5) is 5.69 Å². The monoisotopic (exact) mass is 287 g/mol. The van der Waals surface area contributed by atoms with E-state index in [9.17, 15) is 10.1 Å². The molecule has 102 valence electrons. The third-order valence-electron chi connectivity index (χ3n) is 3.49. The van der Waals surface area contributed by atoms with Gasteiger partial charge in [-0.15, -0.1) is 11.3 Å². The van der Waals surface area contributed by atoms with Gasteiger partial charge < -0.3 is 0 Å². The Kier molecular flexibility index (Phi) is 2.83. The molecular formula is C14H13N3O2S. The molecule has 0 atom stereocenters. The number of nitrogens with zero attached hydrogens (tertiary/aromatic N) is 3. The zero-order chi connectivity index (χ0) is 14.4. The van der Waals surface area contributed by atoms with E-state index in [0.717, 1.165) is 21.9 Å². The molecule has 5 nitrogen and oxygen atoms in total. The zero-order valence-electron chi connectivity index (χ0n) is 11.4. The Labute approximate surface area is 119 Å². The third kappa shape index (κ3) is 1.89. The van der Waals surface area contributed by atoms with Gasteiger partial charge in [0.2, 0.25) is 0 Å². The van der Waals surface area contributed by atoms with Crippen LogP contribution in [0.5, 0.6) is 0 Å². The molecule has 3 rings (SSSR count). The quantitative estimate of drug-likeness (QED) is 0.530. The van der Waals surface area contributed by atoms with Gasteiger partial charge in [0.05, 0.1) is 10.6 Å². The van der Waals surface area contributed by atoms with Gasteiger partial charge in [-0.05, 0) is 20.8 Å². The maximum absolute atomic E-state index is 11.0. The molecule has 0 aliphatic heterocycles.